The predicted octanol–water partition coefficient (Wildman–Crippen LogP) is 7.24. The van der Waals surface area contributed by atoms with Crippen LogP contribution in [0.1, 0.15) is 34.6 Å². The van der Waals surface area contributed by atoms with Crippen molar-refractivity contribution in [1.82, 2.24) is 10.3 Å². The molecule has 4 aromatic carbocycles. The smallest absolute Gasteiger partial charge is 0.221 e. The number of hydrogen-bond donors (Lipinski definition) is 2. The highest BCUT2D eigenvalue weighted by Crippen LogP contribution is 2.35. The fraction of sp³-hybridized carbons (Fsp3) is 0.129. The average molecular weight is 495 g/mol. The van der Waals surface area contributed by atoms with E-state index in [0.717, 1.165) is 38.9 Å². The molecule has 2 N–H and O–H groups in total. The van der Waals surface area contributed by atoms with Crippen molar-refractivity contribution in [1.29, 1.82) is 0 Å². The summed E-state index contributed by atoms with van der Waals surface area (Å²) >= 11 is 6.32. The van der Waals surface area contributed by atoms with Gasteiger partial charge in [-0.1, -0.05) is 84.4 Å². The molecule has 1 atom stereocenters. The normalized spacial score (nSPS) is 11.8. The first kappa shape index (κ1) is 23.7. The third-order valence-corrected chi connectivity index (χ3v) is 6.54. The molecule has 1 heterocycles. The topological polar surface area (TPSA) is 54.1 Å². The number of aromatic amines is 1. The highest BCUT2D eigenvalue weighted by atomic mass is 35.5. The van der Waals surface area contributed by atoms with Crippen molar-refractivity contribution in [2.24, 2.45) is 0 Å². The van der Waals surface area contributed by atoms with E-state index in [4.69, 9.17) is 16.3 Å². The molecule has 1 amide bonds. The van der Waals surface area contributed by atoms with E-state index in [-0.39, 0.29) is 11.8 Å². The van der Waals surface area contributed by atoms with Crippen molar-refractivity contribution in [3.05, 3.63) is 137 Å². The Bertz CT molecular complexity index is 1430. The van der Waals surface area contributed by atoms with E-state index in [1.54, 1.807) is 0 Å². The van der Waals surface area contributed by atoms with Gasteiger partial charge in [-0.3, -0.25) is 4.79 Å². The predicted molar refractivity (Wildman–Crippen MR) is 145 cm³/mol. The summed E-state index contributed by atoms with van der Waals surface area (Å²) in [5.74, 6) is 0.637. The zero-order chi connectivity index (χ0) is 24.7. The minimum Gasteiger partial charge on any atom is -0.489 e. The molecular formula is C31H27ClN2O2. The number of aromatic nitrogens is 1. The zero-order valence-electron chi connectivity index (χ0n) is 19.8. The van der Waals surface area contributed by atoms with Gasteiger partial charge >= 0.3 is 0 Å². The lowest BCUT2D eigenvalue weighted by Gasteiger charge is -2.18. The quantitative estimate of drug-likeness (QED) is 0.227. The van der Waals surface area contributed by atoms with Crippen LogP contribution in [0.25, 0.3) is 10.9 Å². The molecule has 0 spiro atoms. The lowest BCUT2D eigenvalue weighted by molar-refractivity contribution is -0.121. The molecule has 0 bridgehead atoms. The maximum absolute atomic E-state index is 13.1. The number of rotatable bonds is 9. The first-order valence-corrected chi connectivity index (χ1v) is 12.4. The van der Waals surface area contributed by atoms with Gasteiger partial charge in [0, 0.05) is 41.0 Å². The molecular weight excluding hydrogens is 468 g/mol. The molecule has 5 heteroatoms. The molecule has 1 unspecified atom stereocenters. The Morgan fingerprint density at radius 3 is 2.28 bits per heavy atom. The molecule has 0 aliphatic carbocycles. The van der Waals surface area contributed by atoms with Gasteiger partial charge in [-0.25, -0.2) is 0 Å². The summed E-state index contributed by atoms with van der Waals surface area (Å²) in [6.07, 6.45) is 2.30. The largest absolute Gasteiger partial charge is 0.489 e. The fourth-order valence-corrected chi connectivity index (χ4v) is 4.57. The third kappa shape index (κ3) is 5.78. The van der Waals surface area contributed by atoms with Crippen LogP contribution in [0, 0.1) is 0 Å². The molecule has 5 aromatic rings. The fourth-order valence-electron chi connectivity index (χ4n) is 4.40. The summed E-state index contributed by atoms with van der Waals surface area (Å²) in [6, 6.07) is 33.8. The van der Waals surface area contributed by atoms with Crippen molar-refractivity contribution < 1.29 is 9.53 Å². The Morgan fingerprint density at radius 1 is 0.861 bits per heavy atom. The maximum Gasteiger partial charge on any atom is 0.221 e. The van der Waals surface area contributed by atoms with Crippen molar-refractivity contribution in [2.75, 3.05) is 0 Å². The van der Waals surface area contributed by atoms with Gasteiger partial charge in [0.2, 0.25) is 5.91 Å². The van der Waals surface area contributed by atoms with Gasteiger partial charge < -0.3 is 15.0 Å². The van der Waals surface area contributed by atoms with E-state index in [1.165, 1.54) is 0 Å². The Balaban J connectivity index is 1.37. The van der Waals surface area contributed by atoms with Crippen LogP contribution < -0.4 is 10.1 Å². The third-order valence-electron chi connectivity index (χ3n) is 6.30. The van der Waals surface area contributed by atoms with Gasteiger partial charge in [-0.2, -0.15) is 0 Å². The Labute approximate surface area is 215 Å². The van der Waals surface area contributed by atoms with Crippen molar-refractivity contribution in [3.8, 4) is 5.75 Å². The van der Waals surface area contributed by atoms with Gasteiger partial charge in [-0.05, 0) is 52.6 Å². The van der Waals surface area contributed by atoms with Crippen LogP contribution >= 0.6 is 11.6 Å². The van der Waals surface area contributed by atoms with Crippen LogP contribution in [0.5, 0.6) is 5.75 Å². The molecule has 36 heavy (non-hydrogen) atoms. The molecule has 0 aliphatic rings. The van der Waals surface area contributed by atoms with Crippen LogP contribution in [-0.2, 0) is 17.9 Å². The van der Waals surface area contributed by atoms with Crippen LogP contribution in [-0.4, -0.2) is 10.9 Å². The van der Waals surface area contributed by atoms with Crippen molar-refractivity contribution in [2.45, 2.75) is 25.5 Å². The minimum absolute atomic E-state index is 0.00960. The van der Waals surface area contributed by atoms with E-state index >= 15 is 0 Å². The van der Waals surface area contributed by atoms with E-state index in [0.29, 0.717) is 24.6 Å². The van der Waals surface area contributed by atoms with E-state index in [9.17, 15) is 4.79 Å². The molecule has 0 aliphatic heterocycles. The first-order chi connectivity index (χ1) is 17.7. The molecule has 180 valence electrons. The van der Waals surface area contributed by atoms with Gasteiger partial charge in [0.15, 0.2) is 0 Å². The SMILES string of the molecule is O=C(CC(c1ccc(OCc2ccccc2)cc1)c1c[nH]c2ccc(Cl)cc12)NCc1ccccc1. The number of fused-ring (bicyclic) bond motifs is 1. The summed E-state index contributed by atoms with van der Waals surface area (Å²) in [5.41, 5.74) is 5.26. The Hall–Kier alpha value is -4.02. The van der Waals surface area contributed by atoms with Gasteiger partial charge in [0.1, 0.15) is 12.4 Å². The summed E-state index contributed by atoms with van der Waals surface area (Å²) in [5, 5.41) is 4.76. The minimum atomic E-state index is -0.142. The maximum atomic E-state index is 13.1. The zero-order valence-corrected chi connectivity index (χ0v) is 20.5. The molecule has 0 fully saturated rings. The molecule has 0 saturated heterocycles. The number of hydrogen-bond acceptors (Lipinski definition) is 2. The van der Waals surface area contributed by atoms with Crippen molar-refractivity contribution in [3.63, 3.8) is 0 Å². The van der Waals surface area contributed by atoms with Gasteiger partial charge in [0.25, 0.3) is 0 Å². The highest BCUT2D eigenvalue weighted by molar-refractivity contribution is 6.31. The second-order valence-electron chi connectivity index (χ2n) is 8.80. The lowest BCUT2D eigenvalue weighted by atomic mass is 9.88. The van der Waals surface area contributed by atoms with Gasteiger partial charge in [-0.15, -0.1) is 0 Å². The molecule has 5 rings (SSSR count). The number of benzene rings is 4. The van der Waals surface area contributed by atoms with E-state index < -0.39 is 0 Å². The highest BCUT2D eigenvalue weighted by Gasteiger charge is 2.22. The Morgan fingerprint density at radius 2 is 1.56 bits per heavy atom. The summed E-state index contributed by atoms with van der Waals surface area (Å²) in [6.45, 7) is 1.00. The summed E-state index contributed by atoms with van der Waals surface area (Å²) in [4.78, 5) is 16.4. The first-order valence-electron chi connectivity index (χ1n) is 12.0. The van der Waals surface area contributed by atoms with Crippen LogP contribution in [0.4, 0.5) is 0 Å². The molecule has 0 radical (unpaired) electrons. The number of ether oxygens (including phenoxy) is 1. The summed E-state index contributed by atoms with van der Waals surface area (Å²) in [7, 11) is 0. The number of H-pyrrole nitrogens is 1. The van der Waals surface area contributed by atoms with Crippen LogP contribution in [0.2, 0.25) is 5.02 Å². The number of halogens is 1. The molecule has 4 nitrogen and oxygen atoms in total. The second kappa shape index (κ2) is 11.1. The number of carbonyl (C=O) groups excluding carboxylic acids is 1. The van der Waals surface area contributed by atoms with Crippen molar-refractivity contribution >= 4 is 28.4 Å². The monoisotopic (exact) mass is 494 g/mol. The van der Waals surface area contributed by atoms with E-state index in [1.807, 2.05) is 109 Å². The average Bonchev–Trinajstić information content (AvgIpc) is 3.34. The van der Waals surface area contributed by atoms with Crippen LogP contribution in [0.15, 0.2) is 109 Å². The molecule has 0 saturated carbocycles. The molecule has 1 aromatic heterocycles. The second-order valence-corrected chi connectivity index (χ2v) is 9.23. The van der Waals surface area contributed by atoms with Gasteiger partial charge in [0.05, 0.1) is 0 Å². The van der Waals surface area contributed by atoms with E-state index in [2.05, 4.69) is 10.3 Å². The Kier molecular flexibility index (Phi) is 7.34. The van der Waals surface area contributed by atoms with Crippen LogP contribution in [0.3, 0.4) is 0 Å². The number of nitrogens with one attached hydrogen (secondary N) is 2. The number of amides is 1. The lowest BCUT2D eigenvalue weighted by Crippen LogP contribution is -2.25. The summed E-state index contributed by atoms with van der Waals surface area (Å²) < 4.78 is 5.97. The standard InChI is InChI=1S/C31H27ClN2O2/c32-25-13-16-30-28(17-25)29(20-33-30)27(18-31(35)34-19-22-7-3-1-4-8-22)24-11-14-26(15-12-24)36-21-23-9-5-2-6-10-23/h1-17,20,27,33H,18-19,21H2,(H,34,35). The number of carbonyl (C=O) groups is 1.